The van der Waals surface area contributed by atoms with Gasteiger partial charge in [0.25, 0.3) is 5.56 Å². The van der Waals surface area contributed by atoms with E-state index in [2.05, 4.69) is 20.9 Å². The molecular weight excluding hydrogens is 344 g/mol. The Morgan fingerprint density at radius 1 is 1.29 bits per heavy atom. The van der Waals surface area contributed by atoms with Crippen LogP contribution in [0.3, 0.4) is 0 Å². The summed E-state index contributed by atoms with van der Waals surface area (Å²) in [5.41, 5.74) is -0.780. The number of aromatic nitrogens is 2. The number of benzene rings is 1. The molecule has 7 nitrogen and oxygen atoms in total. The lowest BCUT2D eigenvalue weighted by Gasteiger charge is -2.05. The molecule has 1 aromatic carbocycles. The summed E-state index contributed by atoms with van der Waals surface area (Å²) < 4.78 is 11.7. The molecule has 0 bridgehead atoms. The molecule has 0 aliphatic carbocycles. The second kappa shape index (κ2) is 5.21. The highest BCUT2D eigenvalue weighted by molar-refractivity contribution is 9.10. The van der Waals surface area contributed by atoms with Gasteiger partial charge in [0, 0.05) is 11.8 Å². The van der Waals surface area contributed by atoms with Gasteiger partial charge in [-0.15, -0.1) is 0 Å². The van der Waals surface area contributed by atoms with E-state index in [-0.39, 0.29) is 23.6 Å². The fourth-order valence-corrected chi connectivity index (χ4v) is 2.26. The number of hydrogen-bond acceptors (Lipinski definition) is 5. The maximum atomic E-state index is 12.2. The number of fused-ring (bicyclic) bond motifs is 1. The summed E-state index contributed by atoms with van der Waals surface area (Å²) in [5.74, 6) is 0.792. The summed E-state index contributed by atoms with van der Waals surface area (Å²) in [4.78, 5) is 37.2. The zero-order valence-corrected chi connectivity index (χ0v) is 12.2. The summed E-state index contributed by atoms with van der Waals surface area (Å²) in [7, 11) is 0. The van der Waals surface area contributed by atoms with Gasteiger partial charge >= 0.3 is 5.69 Å². The van der Waals surface area contributed by atoms with Crippen LogP contribution in [0.4, 0.5) is 0 Å². The van der Waals surface area contributed by atoms with Crippen LogP contribution in [-0.4, -0.2) is 22.1 Å². The summed E-state index contributed by atoms with van der Waals surface area (Å²) in [6, 6.07) is 4.80. The molecular formula is C13H9BrN2O5. The molecule has 8 heteroatoms. The Morgan fingerprint density at radius 3 is 2.86 bits per heavy atom. The van der Waals surface area contributed by atoms with Crippen molar-refractivity contribution < 1.29 is 14.3 Å². The van der Waals surface area contributed by atoms with Gasteiger partial charge in [-0.25, -0.2) is 4.79 Å². The number of nitrogens with zero attached hydrogens (tertiary/aromatic N) is 1. The van der Waals surface area contributed by atoms with Crippen LogP contribution in [0.5, 0.6) is 11.5 Å². The molecule has 0 saturated heterocycles. The van der Waals surface area contributed by atoms with Gasteiger partial charge in [-0.1, -0.05) is 0 Å². The molecule has 0 amide bonds. The largest absolute Gasteiger partial charge is 0.454 e. The smallest absolute Gasteiger partial charge is 0.328 e. The fraction of sp³-hybridized carbons (Fsp3) is 0.154. The highest BCUT2D eigenvalue weighted by Crippen LogP contribution is 2.32. The van der Waals surface area contributed by atoms with Crippen molar-refractivity contribution in [1.29, 1.82) is 0 Å². The van der Waals surface area contributed by atoms with E-state index >= 15 is 0 Å². The van der Waals surface area contributed by atoms with Crippen molar-refractivity contribution in [3.8, 4) is 11.5 Å². The number of hydrogen-bond donors (Lipinski definition) is 1. The van der Waals surface area contributed by atoms with Gasteiger partial charge in [0.1, 0.15) is 0 Å². The van der Waals surface area contributed by atoms with Gasteiger partial charge in [0.2, 0.25) is 6.79 Å². The van der Waals surface area contributed by atoms with Crippen LogP contribution in [0, 0.1) is 0 Å². The first-order chi connectivity index (χ1) is 10.0. The molecule has 21 heavy (non-hydrogen) atoms. The highest BCUT2D eigenvalue weighted by atomic mass is 79.9. The van der Waals surface area contributed by atoms with E-state index in [4.69, 9.17) is 9.47 Å². The van der Waals surface area contributed by atoms with Gasteiger partial charge in [0.05, 0.1) is 11.0 Å². The number of carbonyl (C=O) groups is 1. The Balaban J connectivity index is 1.88. The maximum Gasteiger partial charge on any atom is 0.328 e. The van der Waals surface area contributed by atoms with Crippen LogP contribution in [0.15, 0.2) is 38.5 Å². The van der Waals surface area contributed by atoms with E-state index in [0.717, 1.165) is 4.57 Å². The molecule has 3 rings (SSSR count). The van der Waals surface area contributed by atoms with Crippen molar-refractivity contribution in [1.82, 2.24) is 9.55 Å². The lowest BCUT2D eigenvalue weighted by Crippen LogP contribution is -2.31. The SMILES string of the molecule is O=C(Cn1cc(Br)c(=O)[nH]c1=O)c1ccc2c(c1)OCO2. The van der Waals surface area contributed by atoms with Crippen LogP contribution in [0.1, 0.15) is 10.4 Å². The Hall–Kier alpha value is -2.35. The van der Waals surface area contributed by atoms with Crippen molar-refractivity contribution >= 4 is 21.7 Å². The molecule has 1 N–H and O–H groups in total. The molecule has 1 aliphatic heterocycles. The number of rotatable bonds is 3. The zero-order valence-electron chi connectivity index (χ0n) is 10.6. The third kappa shape index (κ3) is 2.62. The number of nitrogens with one attached hydrogen (secondary N) is 1. The van der Waals surface area contributed by atoms with Crippen LogP contribution < -0.4 is 20.7 Å². The summed E-state index contributed by atoms with van der Waals surface area (Å²) in [6.45, 7) is -0.0623. The molecule has 2 heterocycles. The number of H-pyrrole nitrogens is 1. The second-order valence-electron chi connectivity index (χ2n) is 4.36. The summed E-state index contributed by atoms with van der Waals surface area (Å²) in [5, 5.41) is 0. The number of ether oxygens (including phenoxy) is 2. The maximum absolute atomic E-state index is 12.2. The molecule has 0 fully saturated rings. The van der Waals surface area contributed by atoms with Gasteiger partial charge < -0.3 is 9.47 Å². The minimum Gasteiger partial charge on any atom is -0.454 e. The topological polar surface area (TPSA) is 90.4 Å². The van der Waals surface area contributed by atoms with E-state index in [1.165, 1.54) is 6.20 Å². The molecule has 0 spiro atoms. The minimum atomic E-state index is -0.641. The summed E-state index contributed by atoms with van der Waals surface area (Å²) in [6.07, 6.45) is 1.28. The van der Waals surface area contributed by atoms with Crippen molar-refractivity contribution in [2.75, 3.05) is 6.79 Å². The number of halogens is 1. The van der Waals surface area contributed by atoms with E-state index in [0.29, 0.717) is 17.1 Å². The number of aromatic amines is 1. The molecule has 1 aliphatic rings. The first-order valence-electron chi connectivity index (χ1n) is 5.97. The minimum absolute atomic E-state index is 0.124. The van der Waals surface area contributed by atoms with Crippen LogP contribution in [0.2, 0.25) is 0 Å². The zero-order chi connectivity index (χ0) is 15.0. The fourth-order valence-electron chi connectivity index (χ4n) is 1.92. The first-order valence-corrected chi connectivity index (χ1v) is 6.76. The van der Waals surface area contributed by atoms with Gasteiger partial charge in [0.15, 0.2) is 17.3 Å². The third-order valence-corrected chi connectivity index (χ3v) is 3.54. The lowest BCUT2D eigenvalue weighted by molar-refractivity contribution is 0.0969. The Morgan fingerprint density at radius 2 is 2.05 bits per heavy atom. The van der Waals surface area contributed by atoms with E-state index in [1.807, 2.05) is 0 Å². The Kier molecular flexibility index (Phi) is 3.38. The quantitative estimate of drug-likeness (QED) is 0.829. The summed E-state index contributed by atoms with van der Waals surface area (Å²) >= 11 is 3.02. The molecule has 0 atom stereocenters. The average Bonchev–Trinajstić information content (AvgIpc) is 2.92. The van der Waals surface area contributed by atoms with Crippen LogP contribution in [0.25, 0.3) is 0 Å². The van der Waals surface area contributed by atoms with Crippen molar-refractivity contribution in [3.63, 3.8) is 0 Å². The van der Waals surface area contributed by atoms with E-state index in [1.54, 1.807) is 18.2 Å². The Bertz CT molecular complexity index is 839. The highest BCUT2D eigenvalue weighted by Gasteiger charge is 2.17. The lowest BCUT2D eigenvalue weighted by atomic mass is 10.1. The molecule has 0 saturated carbocycles. The molecule has 0 unspecified atom stereocenters. The van der Waals surface area contributed by atoms with Gasteiger partial charge in [-0.2, -0.15) is 0 Å². The molecule has 0 radical (unpaired) electrons. The van der Waals surface area contributed by atoms with Crippen molar-refractivity contribution in [2.24, 2.45) is 0 Å². The third-order valence-electron chi connectivity index (χ3n) is 2.98. The van der Waals surface area contributed by atoms with E-state index < -0.39 is 11.2 Å². The molecule has 2 aromatic rings. The predicted octanol–water partition coefficient (Wildman–Crippen LogP) is 0.911. The monoisotopic (exact) mass is 352 g/mol. The molecule has 1 aromatic heterocycles. The predicted molar refractivity (Wildman–Crippen MR) is 75.9 cm³/mol. The van der Waals surface area contributed by atoms with Crippen LogP contribution in [-0.2, 0) is 6.54 Å². The molecule has 108 valence electrons. The standard InChI is InChI=1S/C13H9BrN2O5/c14-8-4-16(13(19)15-12(8)18)5-9(17)7-1-2-10-11(3-7)21-6-20-10/h1-4H,5-6H2,(H,15,18,19). The first kappa shape index (κ1) is 13.6. The van der Waals surface area contributed by atoms with Gasteiger partial charge in [-0.3, -0.25) is 19.1 Å². The normalized spacial score (nSPS) is 12.4. The number of ketones is 1. The average molecular weight is 353 g/mol. The second-order valence-corrected chi connectivity index (χ2v) is 5.21. The van der Waals surface area contributed by atoms with Gasteiger partial charge in [-0.05, 0) is 34.1 Å². The van der Waals surface area contributed by atoms with Crippen molar-refractivity contribution in [2.45, 2.75) is 6.54 Å². The number of Topliss-reactive ketones (excluding diaryl/α,β-unsaturated/α-hetero) is 1. The van der Waals surface area contributed by atoms with Crippen molar-refractivity contribution in [3.05, 3.63) is 55.3 Å². The number of carbonyl (C=O) groups excluding carboxylic acids is 1. The van der Waals surface area contributed by atoms with E-state index in [9.17, 15) is 14.4 Å². The van der Waals surface area contributed by atoms with Crippen LogP contribution >= 0.6 is 15.9 Å². The Labute approximate surface area is 126 Å².